The van der Waals surface area contributed by atoms with Crippen molar-refractivity contribution in [3.8, 4) is 0 Å². The lowest BCUT2D eigenvalue weighted by molar-refractivity contribution is 0.122. The van der Waals surface area contributed by atoms with Gasteiger partial charge in [-0.1, -0.05) is 53.4 Å². The second kappa shape index (κ2) is 12.6. The lowest BCUT2D eigenvalue weighted by Gasteiger charge is -2.17. The zero-order valence-corrected chi connectivity index (χ0v) is 14.3. The SMILES string of the molecule is CCCC(C)CCC(C)CCC(O)CCCC(O)CC. The van der Waals surface area contributed by atoms with Crippen molar-refractivity contribution in [2.45, 2.75) is 104 Å². The Labute approximate surface area is 127 Å². The molecule has 0 radical (unpaired) electrons. The van der Waals surface area contributed by atoms with E-state index in [1.54, 1.807) is 0 Å². The van der Waals surface area contributed by atoms with Gasteiger partial charge in [0.25, 0.3) is 0 Å². The molecule has 0 rings (SSSR count). The van der Waals surface area contributed by atoms with Crippen molar-refractivity contribution in [1.29, 1.82) is 0 Å². The van der Waals surface area contributed by atoms with Gasteiger partial charge in [0.15, 0.2) is 0 Å². The first-order valence-electron chi connectivity index (χ1n) is 8.85. The van der Waals surface area contributed by atoms with Gasteiger partial charge in [-0.3, -0.25) is 0 Å². The molecule has 2 N–H and O–H groups in total. The van der Waals surface area contributed by atoms with Crippen molar-refractivity contribution in [3.63, 3.8) is 0 Å². The molecule has 0 saturated carbocycles. The molecule has 0 fully saturated rings. The van der Waals surface area contributed by atoms with E-state index in [-0.39, 0.29) is 12.2 Å². The third kappa shape index (κ3) is 11.7. The summed E-state index contributed by atoms with van der Waals surface area (Å²) >= 11 is 0. The van der Waals surface area contributed by atoms with E-state index in [4.69, 9.17) is 0 Å². The van der Waals surface area contributed by atoms with Gasteiger partial charge in [0, 0.05) is 0 Å². The standard InChI is InChI=1S/C18H38O2/c1-5-8-15(3)11-12-16(4)13-14-18(20)10-7-9-17(19)6-2/h15-20H,5-14H2,1-4H3. The average molecular weight is 286 g/mol. The molecule has 2 heteroatoms. The van der Waals surface area contributed by atoms with Crippen molar-refractivity contribution in [1.82, 2.24) is 0 Å². The van der Waals surface area contributed by atoms with Crippen LogP contribution in [0.1, 0.15) is 91.9 Å². The molecule has 20 heavy (non-hydrogen) atoms. The van der Waals surface area contributed by atoms with Crippen LogP contribution in [0.15, 0.2) is 0 Å². The van der Waals surface area contributed by atoms with Crippen LogP contribution in [0.4, 0.5) is 0 Å². The molecule has 0 aromatic heterocycles. The zero-order chi connectivity index (χ0) is 15.4. The monoisotopic (exact) mass is 286 g/mol. The molecule has 0 heterocycles. The third-order valence-corrected chi connectivity index (χ3v) is 4.47. The van der Waals surface area contributed by atoms with Gasteiger partial charge in [-0.15, -0.1) is 0 Å². The molecular weight excluding hydrogens is 248 g/mol. The lowest BCUT2D eigenvalue weighted by Crippen LogP contribution is -2.11. The van der Waals surface area contributed by atoms with Crippen LogP contribution in [0.2, 0.25) is 0 Å². The Bertz CT molecular complexity index is 206. The summed E-state index contributed by atoms with van der Waals surface area (Å²) in [4.78, 5) is 0. The Kier molecular flexibility index (Phi) is 12.6. The van der Waals surface area contributed by atoms with Crippen molar-refractivity contribution >= 4 is 0 Å². The Balaban J connectivity index is 3.55. The van der Waals surface area contributed by atoms with E-state index in [2.05, 4.69) is 20.8 Å². The van der Waals surface area contributed by atoms with Crippen molar-refractivity contribution in [3.05, 3.63) is 0 Å². The molecule has 4 atom stereocenters. The zero-order valence-electron chi connectivity index (χ0n) is 14.3. The first-order valence-corrected chi connectivity index (χ1v) is 8.85. The molecule has 0 aliphatic carbocycles. The van der Waals surface area contributed by atoms with E-state index in [0.29, 0.717) is 0 Å². The van der Waals surface area contributed by atoms with Crippen LogP contribution < -0.4 is 0 Å². The fraction of sp³-hybridized carbons (Fsp3) is 1.00. The minimum atomic E-state index is -0.179. The van der Waals surface area contributed by atoms with Crippen LogP contribution in [0, 0.1) is 11.8 Å². The van der Waals surface area contributed by atoms with Gasteiger partial charge in [0.1, 0.15) is 0 Å². The van der Waals surface area contributed by atoms with E-state index in [1.807, 2.05) is 6.92 Å². The summed E-state index contributed by atoms with van der Waals surface area (Å²) in [5.41, 5.74) is 0. The number of aliphatic hydroxyl groups is 2. The highest BCUT2D eigenvalue weighted by atomic mass is 16.3. The largest absolute Gasteiger partial charge is 0.393 e. The molecule has 4 unspecified atom stereocenters. The van der Waals surface area contributed by atoms with E-state index >= 15 is 0 Å². The lowest BCUT2D eigenvalue weighted by atomic mass is 9.91. The van der Waals surface area contributed by atoms with Crippen molar-refractivity contribution < 1.29 is 10.2 Å². The minimum Gasteiger partial charge on any atom is -0.393 e. The smallest absolute Gasteiger partial charge is 0.0540 e. The Morgan fingerprint density at radius 3 is 1.70 bits per heavy atom. The summed E-state index contributed by atoms with van der Waals surface area (Å²) in [5.74, 6) is 1.58. The first-order chi connectivity index (χ1) is 9.49. The molecule has 0 bridgehead atoms. The highest BCUT2D eigenvalue weighted by Gasteiger charge is 2.10. The maximum Gasteiger partial charge on any atom is 0.0540 e. The first kappa shape index (κ1) is 19.9. The van der Waals surface area contributed by atoms with Gasteiger partial charge < -0.3 is 10.2 Å². The molecule has 2 nitrogen and oxygen atoms in total. The van der Waals surface area contributed by atoms with Gasteiger partial charge in [-0.05, 0) is 50.4 Å². The van der Waals surface area contributed by atoms with E-state index in [1.165, 1.54) is 25.7 Å². The molecule has 0 aromatic rings. The maximum absolute atomic E-state index is 9.96. The van der Waals surface area contributed by atoms with Crippen molar-refractivity contribution in [2.24, 2.45) is 11.8 Å². The van der Waals surface area contributed by atoms with Gasteiger partial charge in [-0.25, -0.2) is 0 Å². The molecule has 0 amide bonds. The summed E-state index contributed by atoms with van der Waals surface area (Å²) in [6, 6.07) is 0. The van der Waals surface area contributed by atoms with Gasteiger partial charge in [-0.2, -0.15) is 0 Å². The van der Waals surface area contributed by atoms with E-state index in [9.17, 15) is 10.2 Å². The van der Waals surface area contributed by atoms with Crippen LogP contribution >= 0.6 is 0 Å². The molecule has 0 saturated heterocycles. The predicted octanol–water partition coefficient (Wildman–Crippen LogP) is 4.92. The Morgan fingerprint density at radius 1 is 0.650 bits per heavy atom. The third-order valence-electron chi connectivity index (χ3n) is 4.47. The highest BCUT2D eigenvalue weighted by Crippen LogP contribution is 2.21. The van der Waals surface area contributed by atoms with Gasteiger partial charge in [0.05, 0.1) is 12.2 Å². The Hall–Kier alpha value is -0.0800. The van der Waals surface area contributed by atoms with Crippen LogP contribution in [0.25, 0.3) is 0 Å². The summed E-state index contributed by atoms with van der Waals surface area (Å²) < 4.78 is 0. The predicted molar refractivity (Wildman–Crippen MR) is 87.9 cm³/mol. The highest BCUT2D eigenvalue weighted by molar-refractivity contribution is 4.63. The number of rotatable bonds is 13. The number of hydrogen-bond acceptors (Lipinski definition) is 2. The summed E-state index contributed by atoms with van der Waals surface area (Å²) in [6.45, 7) is 8.92. The topological polar surface area (TPSA) is 40.5 Å². The molecular formula is C18H38O2. The fourth-order valence-corrected chi connectivity index (χ4v) is 2.76. The van der Waals surface area contributed by atoms with Crippen LogP contribution in [-0.4, -0.2) is 22.4 Å². The molecule has 0 aliphatic heterocycles. The minimum absolute atomic E-state index is 0.172. The van der Waals surface area contributed by atoms with Crippen molar-refractivity contribution in [2.75, 3.05) is 0 Å². The second-order valence-corrected chi connectivity index (χ2v) is 6.80. The van der Waals surface area contributed by atoms with E-state index < -0.39 is 0 Å². The van der Waals surface area contributed by atoms with Gasteiger partial charge in [0.2, 0.25) is 0 Å². The van der Waals surface area contributed by atoms with Gasteiger partial charge >= 0.3 is 0 Å². The summed E-state index contributed by atoms with van der Waals surface area (Å²) in [5, 5.41) is 19.4. The van der Waals surface area contributed by atoms with E-state index in [0.717, 1.165) is 50.4 Å². The Morgan fingerprint density at radius 2 is 1.15 bits per heavy atom. The molecule has 0 aromatic carbocycles. The average Bonchev–Trinajstić information content (AvgIpc) is 2.43. The summed E-state index contributed by atoms with van der Waals surface area (Å²) in [7, 11) is 0. The van der Waals surface area contributed by atoms with Crippen LogP contribution in [0.5, 0.6) is 0 Å². The quantitative estimate of drug-likeness (QED) is 0.504. The number of aliphatic hydroxyl groups excluding tert-OH is 2. The fourth-order valence-electron chi connectivity index (χ4n) is 2.76. The number of hydrogen-bond donors (Lipinski definition) is 2. The summed E-state index contributed by atoms with van der Waals surface area (Å²) in [6.07, 6.45) is 10.4. The molecule has 0 spiro atoms. The molecule has 122 valence electrons. The normalized spacial score (nSPS) is 17.7. The van der Waals surface area contributed by atoms with Crippen LogP contribution in [-0.2, 0) is 0 Å². The maximum atomic E-state index is 9.96. The molecule has 0 aliphatic rings. The second-order valence-electron chi connectivity index (χ2n) is 6.80. The van der Waals surface area contributed by atoms with Crippen LogP contribution in [0.3, 0.4) is 0 Å².